The number of rotatable bonds is 6. The molecule has 2 heterocycles. The molecule has 25 heavy (non-hydrogen) atoms. The van der Waals surface area contributed by atoms with E-state index in [-0.39, 0.29) is 5.56 Å². The first-order valence-electron chi connectivity index (χ1n) is 7.76. The number of thioether (sulfide) groups is 1. The Morgan fingerprint density at radius 2 is 2.04 bits per heavy atom. The Morgan fingerprint density at radius 3 is 2.68 bits per heavy atom. The monoisotopic (exact) mass is 377 g/mol. The topological polar surface area (TPSA) is 66.2 Å². The lowest BCUT2D eigenvalue weighted by atomic mass is 10.2. The Bertz CT molecular complexity index is 966. The Labute approximate surface area is 153 Å². The summed E-state index contributed by atoms with van der Waals surface area (Å²) >= 11 is 2.98. The number of nitrogens with zero attached hydrogens (tertiary/aromatic N) is 3. The molecule has 2 aromatic heterocycles. The summed E-state index contributed by atoms with van der Waals surface area (Å²) in [5, 5.41) is 0. The molecule has 0 atom stereocenters. The standard InChI is InChI=1S/C17H19N3O3S2/c1-5-13-18-15-14(19-17(24-4)25-15)16(21)20(13)9-10-6-7-11(22-2)8-12(10)23-3/h6-8H,5,9H2,1-4H3. The third kappa shape index (κ3) is 3.36. The molecule has 0 aliphatic heterocycles. The first-order chi connectivity index (χ1) is 12.1. The molecule has 0 N–H and O–H groups in total. The fourth-order valence-corrected chi connectivity index (χ4v) is 4.04. The number of ether oxygens (including phenoxy) is 2. The number of hydrogen-bond acceptors (Lipinski definition) is 7. The summed E-state index contributed by atoms with van der Waals surface area (Å²) in [5.74, 6) is 2.13. The average molecular weight is 377 g/mol. The molecule has 0 unspecified atom stereocenters. The van der Waals surface area contributed by atoms with Crippen molar-refractivity contribution in [2.75, 3.05) is 20.5 Å². The van der Waals surface area contributed by atoms with Crippen LogP contribution in [-0.2, 0) is 13.0 Å². The molecule has 0 radical (unpaired) electrons. The second-order valence-electron chi connectivity index (χ2n) is 5.29. The van der Waals surface area contributed by atoms with Crippen molar-refractivity contribution in [3.05, 3.63) is 39.9 Å². The average Bonchev–Trinajstić information content (AvgIpc) is 3.07. The quantitative estimate of drug-likeness (QED) is 0.615. The van der Waals surface area contributed by atoms with Crippen LogP contribution in [0.2, 0.25) is 0 Å². The highest BCUT2D eigenvalue weighted by molar-refractivity contribution is 8.00. The second-order valence-corrected chi connectivity index (χ2v) is 7.32. The first kappa shape index (κ1) is 17.8. The van der Waals surface area contributed by atoms with Gasteiger partial charge in [0, 0.05) is 18.1 Å². The van der Waals surface area contributed by atoms with Crippen molar-refractivity contribution >= 4 is 33.4 Å². The predicted molar refractivity (Wildman–Crippen MR) is 101 cm³/mol. The van der Waals surface area contributed by atoms with E-state index in [4.69, 9.17) is 9.47 Å². The van der Waals surface area contributed by atoms with E-state index in [9.17, 15) is 4.79 Å². The minimum absolute atomic E-state index is 0.115. The van der Waals surface area contributed by atoms with Crippen molar-refractivity contribution < 1.29 is 9.47 Å². The van der Waals surface area contributed by atoms with Gasteiger partial charge in [-0.25, -0.2) is 9.97 Å². The molecular weight excluding hydrogens is 358 g/mol. The van der Waals surface area contributed by atoms with E-state index >= 15 is 0 Å². The summed E-state index contributed by atoms with van der Waals surface area (Å²) in [7, 11) is 3.21. The molecule has 8 heteroatoms. The van der Waals surface area contributed by atoms with Gasteiger partial charge < -0.3 is 9.47 Å². The number of aryl methyl sites for hydroxylation is 1. The van der Waals surface area contributed by atoms with E-state index in [1.807, 2.05) is 31.4 Å². The van der Waals surface area contributed by atoms with E-state index in [0.29, 0.717) is 34.8 Å². The molecule has 0 saturated heterocycles. The molecule has 0 bridgehead atoms. The van der Waals surface area contributed by atoms with Crippen LogP contribution in [0.5, 0.6) is 11.5 Å². The number of thiazole rings is 1. The van der Waals surface area contributed by atoms with Crippen LogP contribution in [0.15, 0.2) is 27.3 Å². The normalized spacial score (nSPS) is 11.0. The van der Waals surface area contributed by atoms with Crippen LogP contribution in [0.25, 0.3) is 10.3 Å². The van der Waals surface area contributed by atoms with Gasteiger partial charge in [-0.15, -0.1) is 0 Å². The lowest BCUT2D eigenvalue weighted by molar-refractivity contribution is 0.390. The zero-order valence-electron chi connectivity index (χ0n) is 14.5. The summed E-state index contributed by atoms with van der Waals surface area (Å²) < 4.78 is 13.2. The lowest BCUT2D eigenvalue weighted by Crippen LogP contribution is -2.25. The van der Waals surface area contributed by atoms with Crippen LogP contribution in [0, 0.1) is 0 Å². The van der Waals surface area contributed by atoms with Crippen LogP contribution in [0.3, 0.4) is 0 Å². The second kappa shape index (κ2) is 7.45. The van der Waals surface area contributed by atoms with Gasteiger partial charge in [0.2, 0.25) is 0 Å². The summed E-state index contributed by atoms with van der Waals surface area (Å²) in [6.07, 6.45) is 2.61. The van der Waals surface area contributed by atoms with Gasteiger partial charge in [-0.1, -0.05) is 30.0 Å². The zero-order chi connectivity index (χ0) is 18.0. The minimum atomic E-state index is -0.115. The SMILES string of the molecule is CCc1nc2sc(SC)nc2c(=O)n1Cc1ccc(OC)cc1OC. The van der Waals surface area contributed by atoms with E-state index < -0.39 is 0 Å². The Kier molecular flexibility index (Phi) is 5.29. The van der Waals surface area contributed by atoms with Crippen LogP contribution in [0.1, 0.15) is 18.3 Å². The smallest absolute Gasteiger partial charge is 0.281 e. The molecule has 0 amide bonds. The van der Waals surface area contributed by atoms with Crippen LogP contribution < -0.4 is 15.0 Å². The van der Waals surface area contributed by atoms with Crippen molar-refractivity contribution in [3.63, 3.8) is 0 Å². The lowest BCUT2D eigenvalue weighted by Gasteiger charge is -2.14. The summed E-state index contributed by atoms with van der Waals surface area (Å²) in [6, 6.07) is 5.57. The third-order valence-corrected chi connectivity index (χ3v) is 5.83. The molecule has 0 spiro atoms. The van der Waals surface area contributed by atoms with Crippen molar-refractivity contribution in [2.24, 2.45) is 0 Å². The zero-order valence-corrected chi connectivity index (χ0v) is 16.2. The molecule has 0 aliphatic rings. The fraction of sp³-hybridized carbons (Fsp3) is 0.353. The summed E-state index contributed by atoms with van der Waals surface area (Å²) in [4.78, 5) is 22.7. The largest absolute Gasteiger partial charge is 0.497 e. The maximum absolute atomic E-state index is 13.0. The minimum Gasteiger partial charge on any atom is -0.497 e. The van der Waals surface area contributed by atoms with Crippen molar-refractivity contribution in [1.82, 2.24) is 14.5 Å². The Morgan fingerprint density at radius 1 is 1.24 bits per heavy atom. The van der Waals surface area contributed by atoms with E-state index in [0.717, 1.165) is 15.7 Å². The molecule has 1 aromatic carbocycles. The number of methoxy groups -OCH3 is 2. The van der Waals surface area contributed by atoms with Crippen LogP contribution >= 0.6 is 23.1 Å². The number of hydrogen-bond donors (Lipinski definition) is 0. The van der Waals surface area contributed by atoms with Gasteiger partial charge in [0.25, 0.3) is 5.56 Å². The van der Waals surface area contributed by atoms with Gasteiger partial charge in [0.05, 0.1) is 20.8 Å². The highest BCUT2D eigenvalue weighted by Crippen LogP contribution is 2.27. The van der Waals surface area contributed by atoms with E-state index in [2.05, 4.69) is 9.97 Å². The van der Waals surface area contributed by atoms with Gasteiger partial charge in [-0.05, 0) is 18.4 Å². The number of aromatic nitrogens is 3. The van der Waals surface area contributed by atoms with Gasteiger partial charge in [0.15, 0.2) is 14.7 Å². The van der Waals surface area contributed by atoms with Crippen molar-refractivity contribution in [3.8, 4) is 11.5 Å². The number of fused-ring (bicyclic) bond motifs is 1. The van der Waals surface area contributed by atoms with Gasteiger partial charge >= 0.3 is 0 Å². The Hall–Kier alpha value is -2.06. The fourth-order valence-electron chi connectivity index (χ4n) is 2.60. The van der Waals surface area contributed by atoms with Crippen LogP contribution in [-0.4, -0.2) is 35.0 Å². The van der Waals surface area contributed by atoms with Crippen LogP contribution in [0.4, 0.5) is 0 Å². The highest BCUT2D eigenvalue weighted by Gasteiger charge is 2.16. The molecule has 0 aliphatic carbocycles. The summed E-state index contributed by atoms with van der Waals surface area (Å²) in [6.45, 7) is 2.37. The highest BCUT2D eigenvalue weighted by atomic mass is 32.2. The summed E-state index contributed by atoms with van der Waals surface area (Å²) in [5.41, 5.74) is 1.21. The van der Waals surface area contributed by atoms with E-state index in [1.54, 1.807) is 18.8 Å². The van der Waals surface area contributed by atoms with Gasteiger partial charge in [0.1, 0.15) is 17.3 Å². The van der Waals surface area contributed by atoms with Gasteiger partial charge in [-0.3, -0.25) is 9.36 Å². The van der Waals surface area contributed by atoms with Crippen molar-refractivity contribution in [2.45, 2.75) is 24.2 Å². The Balaban J connectivity index is 2.12. The molecule has 3 aromatic rings. The maximum atomic E-state index is 13.0. The molecular formula is C17H19N3O3S2. The van der Waals surface area contributed by atoms with Gasteiger partial charge in [-0.2, -0.15) is 0 Å². The molecule has 132 valence electrons. The first-order valence-corrected chi connectivity index (χ1v) is 9.80. The van der Waals surface area contributed by atoms with E-state index in [1.165, 1.54) is 23.1 Å². The molecule has 0 saturated carbocycles. The number of benzene rings is 1. The molecule has 0 fully saturated rings. The third-order valence-electron chi connectivity index (χ3n) is 3.89. The van der Waals surface area contributed by atoms with Crippen molar-refractivity contribution in [1.29, 1.82) is 0 Å². The molecule has 6 nitrogen and oxygen atoms in total. The molecule has 3 rings (SSSR count). The predicted octanol–water partition coefficient (Wildman–Crippen LogP) is 3.20. The maximum Gasteiger partial charge on any atom is 0.281 e.